The number of carbonyl (C=O) groups is 2. The van der Waals surface area contributed by atoms with E-state index in [0.717, 1.165) is 25.5 Å². The molecule has 2 rings (SSSR count). The Morgan fingerprint density at radius 1 is 1.38 bits per heavy atom. The summed E-state index contributed by atoms with van der Waals surface area (Å²) in [5, 5.41) is 2.79. The van der Waals surface area contributed by atoms with Gasteiger partial charge in [-0.3, -0.25) is 14.6 Å². The lowest BCUT2D eigenvalue weighted by atomic mass is 10.0. The Kier molecular flexibility index (Phi) is 10.5. The number of nitrogens with one attached hydrogen (secondary N) is 1. The number of nitrogens with two attached hydrogens (primary N) is 1. The number of hydrogen-bond donors (Lipinski definition) is 2. The minimum Gasteiger partial charge on any atom is -0.354 e. The van der Waals surface area contributed by atoms with Gasteiger partial charge in [-0.15, -0.1) is 24.8 Å². The maximum Gasteiger partial charge on any atom is 0.257 e. The SMILES string of the molecule is Cl.Cl.NCCC(=O)NCC1CCCCN1C(=O)c1ccncc1F. The van der Waals surface area contributed by atoms with E-state index in [1.165, 1.54) is 12.3 Å². The van der Waals surface area contributed by atoms with Crippen LogP contribution in [-0.4, -0.2) is 47.4 Å². The van der Waals surface area contributed by atoms with Crippen molar-refractivity contribution in [3.8, 4) is 0 Å². The van der Waals surface area contributed by atoms with Crippen molar-refractivity contribution in [2.75, 3.05) is 19.6 Å². The van der Waals surface area contributed by atoms with Crippen molar-refractivity contribution in [1.82, 2.24) is 15.2 Å². The van der Waals surface area contributed by atoms with E-state index < -0.39 is 5.82 Å². The van der Waals surface area contributed by atoms with E-state index >= 15 is 0 Å². The van der Waals surface area contributed by atoms with Crippen molar-refractivity contribution in [3.63, 3.8) is 0 Å². The Labute approximate surface area is 153 Å². The minimum absolute atomic E-state index is 0. The molecular weight excluding hydrogens is 358 g/mol. The fourth-order valence-electron chi connectivity index (χ4n) is 2.63. The predicted molar refractivity (Wildman–Crippen MR) is 94.0 cm³/mol. The van der Waals surface area contributed by atoms with E-state index in [-0.39, 0.29) is 54.7 Å². The van der Waals surface area contributed by atoms with Gasteiger partial charge < -0.3 is 16.0 Å². The molecule has 6 nitrogen and oxygen atoms in total. The van der Waals surface area contributed by atoms with Crippen LogP contribution in [0.1, 0.15) is 36.0 Å². The third-order valence-corrected chi connectivity index (χ3v) is 3.80. The molecule has 1 fully saturated rings. The molecule has 2 amide bonds. The summed E-state index contributed by atoms with van der Waals surface area (Å²) in [6.45, 7) is 1.23. The van der Waals surface area contributed by atoms with Crippen LogP contribution in [0.25, 0.3) is 0 Å². The quantitative estimate of drug-likeness (QED) is 0.810. The fourth-order valence-corrected chi connectivity index (χ4v) is 2.63. The zero-order chi connectivity index (χ0) is 15.9. The van der Waals surface area contributed by atoms with E-state index in [2.05, 4.69) is 10.3 Å². The topological polar surface area (TPSA) is 88.3 Å². The van der Waals surface area contributed by atoms with E-state index in [1.54, 1.807) is 4.90 Å². The Morgan fingerprint density at radius 3 is 2.79 bits per heavy atom. The van der Waals surface area contributed by atoms with Crippen LogP contribution < -0.4 is 11.1 Å². The molecule has 0 aromatic carbocycles. The number of nitrogens with zero attached hydrogens (tertiary/aromatic N) is 2. The molecule has 1 aliphatic heterocycles. The summed E-state index contributed by atoms with van der Waals surface area (Å²) in [5.41, 5.74) is 5.36. The van der Waals surface area contributed by atoms with Gasteiger partial charge in [0, 0.05) is 38.3 Å². The van der Waals surface area contributed by atoms with Gasteiger partial charge in [-0.05, 0) is 25.3 Å². The van der Waals surface area contributed by atoms with Crippen LogP contribution in [0.2, 0.25) is 0 Å². The molecule has 0 bridgehead atoms. The van der Waals surface area contributed by atoms with Crippen molar-refractivity contribution in [2.24, 2.45) is 5.73 Å². The van der Waals surface area contributed by atoms with Gasteiger partial charge in [-0.2, -0.15) is 0 Å². The average Bonchev–Trinajstić information content (AvgIpc) is 2.53. The number of carbonyl (C=O) groups excluding carboxylic acids is 2. The lowest BCUT2D eigenvalue weighted by molar-refractivity contribution is -0.121. The molecule has 1 atom stereocenters. The third-order valence-electron chi connectivity index (χ3n) is 3.80. The molecular formula is C15H23Cl2FN4O2. The summed E-state index contributed by atoms with van der Waals surface area (Å²) < 4.78 is 13.7. The van der Waals surface area contributed by atoms with E-state index in [4.69, 9.17) is 5.73 Å². The number of likely N-dealkylation sites (tertiary alicyclic amines) is 1. The first-order valence-electron chi connectivity index (χ1n) is 7.50. The van der Waals surface area contributed by atoms with E-state index in [9.17, 15) is 14.0 Å². The van der Waals surface area contributed by atoms with Gasteiger partial charge in [0.2, 0.25) is 5.91 Å². The van der Waals surface area contributed by atoms with Crippen LogP contribution in [-0.2, 0) is 4.79 Å². The number of pyridine rings is 1. The Morgan fingerprint density at radius 2 is 2.12 bits per heavy atom. The first-order chi connectivity index (χ1) is 10.6. The molecule has 0 saturated carbocycles. The molecule has 24 heavy (non-hydrogen) atoms. The molecule has 1 aromatic heterocycles. The maximum absolute atomic E-state index is 13.7. The summed E-state index contributed by atoms with van der Waals surface area (Å²) in [6, 6.07) is 1.27. The molecule has 3 N–H and O–H groups in total. The molecule has 1 aliphatic rings. The highest BCUT2D eigenvalue weighted by Gasteiger charge is 2.29. The highest BCUT2D eigenvalue weighted by molar-refractivity contribution is 5.94. The molecule has 1 saturated heterocycles. The molecule has 1 aromatic rings. The molecule has 9 heteroatoms. The number of halogens is 3. The summed E-state index contributed by atoms with van der Waals surface area (Å²) >= 11 is 0. The van der Waals surface area contributed by atoms with Crippen molar-refractivity contribution in [1.29, 1.82) is 0 Å². The Bertz CT molecular complexity index is 548. The second-order valence-electron chi connectivity index (χ2n) is 5.35. The minimum atomic E-state index is -0.621. The van der Waals surface area contributed by atoms with Crippen molar-refractivity contribution < 1.29 is 14.0 Å². The third kappa shape index (κ3) is 5.89. The lowest BCUT2D eigenvalue weighted by Crippen LogP contribution is -2.49. The standard InChI is InChI=1S/C15H21FN4O2.2ClH/c16-13-10-18-7-5-12(13)15(22)20-8-2-1-3-11(20)9-19-14(21)4-6-17;;/h5,7,10-11H,1-4,6,8-9,17H2,(H,19,21);2*1H. The summed E-state index contributed by atoms with van der Waals surface area (Å²) in [7, 11) is 0. The zero-order valence-electron chi connectivity index (χ0n) is 13.2. The average molecular weight is 381 g/mol. The van der Waals surface area contributed by atoms with Crippen LogP contribution in [0, 0.1) is 5.82 Å². The van der Waals surface area contributed by atoms with Crippen molar-refractivity contribution in [2.45, 2.75) is 31.7 Å². The summed E-state index contributed by atoms with van der Waals surface area (Å²) in [4.78, 5) is 29.4. The van der Waals surface area contributed by atoms with Crippen molar-refractivity contribution in [3.05, 3.63) is 29.8 Å². The normalized spacial score (nSPS) is 16.6. The maximum atomic E-state index is 13.7. The monoisotopic (exact) mass is 380 g/mol. The first kappa shape index (κ1) is 22.6. The Balaban J connectivity index is 0.00000264. The lowest BCUT2D eigenvalue weighted by Gasteiger charge is -2.36. The predicted octanol–water partition coefficient (Wildman–Crippen LogP) is 1.52. The largest absolute Gasteiger partial charge is 0.354 e. The van der Waals surface area contributed by atoms with Gasteiger partial charge >= 0.3 is 0 Å². The fraction of sp³-hybridized carbons (Fsp3) is 0.533. The molecule has 136 valence electrons. The highest BCUT2D eigenvalue weighted by Crippen LogP contribution is 2.20. The van der Waals surface area contributed by atoms with Crippen LogP contribution in [0.4, 0.5) is 4.39 Å². The highest BCUT2D eigenvalue weighted by atomic mass is 35.5. The molecule has 0 radical (unpaired) electrons. The van der Waals surface area contributed by atoms with Gasteiger partial charge in [0.1, 0.15) is 0 Å². The first-order valence-corrected chi connectivity index (χ1v) is 7.50. The second kappa shape index (κ2) is 11.2. The van der Waals surface area contributed by atoms with Crippen molar-refractivity contribution >= 4 is 36.6 Å². The van der Waals surface area contributed by atoms with Crippen LogP contribution in [0.3, 0.4) is 0 Å². The summed E-state index contributed by atoms with van der Waals surface area (Å²) in [6.07, 6.45) is 5.36. The van der Waals surface area contributed by atoms with E-state index in [0.29, 0.717) is 19.6 Å². The van der Waals surface area contributed by atoms with Crippen LogP contribution in [0.15, 0.2) is 18.5 Å². The van der Waals surface area contributed by atoms with Crippen LogP contribution >= 0.6 is 24.8 Å². The van der Waals surface area contributed by atoms with Gasteiger partial charge in [-0.1, -0.05) is 0 Å². The van der Waals surface area contributed by atoms with E-state index in [1.807, 2.05) is 0 Å². The second-order valence-corrected chi connectivity index (χ2v) is 5.35. The van der Waals surface area contributed by atoms with Gasteiger partial charge in [0.05, 0.1) is 11.8 Å². The number of amides is 2. The molecule has 1 unspecified atom stereocenters. The van der Waals surface area contributed by atoms with Crippen LogP contribution in [0.5, 0.6) is 0 Å². The smallest absolute Gasteiger partial charge is 0.257 e. The number of rotatable bonds is 5. The molecule has 0 aliphatic carbocycles. The number of hydrogen-bond acceptors (Lipinski definition) is 4. The Hall–Kier alpha value is -1.44. The summed E-state index contributed by atoms with van der Waals surface area (Å²) in [5.74, 6) is -1.10. The number of aromatic nitrogens is 1. The van der Waals surface area contributed by atoms with Gasteiger partial charge in [0.25, 0.3) is 5.91 Å². The van der Waals surface area contributed by atoms with Gasteiger partial charge in [0.15, 0.2) is 5.82 Å². The van der Waals surface area contributed by atoms with Gasteiger partial charge in [-0.25, -0.2) is 4.39 Å². The zero-order valence-corrected chi connectivity index (χ0v) is 14.9. The molecule has 0 spiro atoms. The number of piperidine rings is 1. The molecule has 2 heterocycles.